The lowest BCUT2D eigenvalue weighted by atomic mass is 9.33. The normalized spacial score (nSPS) is 42.9. The van der Waals surface area contributed by atoms with Gasteiger partial charge in [0.05, 0.1) is 12.7 Å². The van der Waals surface area contributed by atoms with E-state index in [0.29, 0.717) is 6.04 Å². The summed E-state index contributed by atoms with van der Waals surface area (Å²) in [6.45, 7) is 11.0. The predicted molar refractivity (Wildman–Crippen MR) is 135 cm³/mol. The molecular weight excluding hydrogens is 438 g/mol. The number of rotatable bonds is 5. The van der Waals surface area contributed by atoms with Gasteiger partial charge in [0.25, 0.3) is 0 Å². The first-order valence-electron chi connectivity index (χ1n) is 13.9. The summed E-state index contributed by atoms with van der Waals surface area (Å²) in [7, 11) is 3.63. The summed E-state index contributed by atoms with van der Waals surface area (Å²) in [4.78, 5) is 2.86. The Bertz CT molecular complexity index is 1070. The molecule has 4 saturated carbocycles. The van der Waals surface area contributed by atoms with Crippen molar-refractivity contribution in [3.05, 3.63) is 23.3 Å². The summed E-state index contributed by atoms with van der Waals surface area (Å²) < 4.78 is 19.6. The Kier molecular flexibility index (Phi) is 4.42. The van der Waals surface area contributed by atoms with E-state index in [1.807, 2.05) is 7.11 Å². The van der Waals surface area contributed by atoms with Crippen molar-refractivity contribution in [1.29, 1.82) is 0 Å². The number of nitrogens with zero attached hydrogens (tertiary/aromatic N) is 1. The molecule has 1 aromatic rings. The average Bonchev–Trinajstić information content (AvgIpc) is 3.56. The molecule has 1 aromatic carbocycles. The molecule has 7 aliphatic rings. The zero-order valence-corrected chi connectivity index (χ0v) is 22.4. The van der Waals surface area contributed by atoms with Crippen molar-refractivity contribution in [1.82, 2.24) is 4.90 Å². The van der Waals surface area contributed by atoms with Gasteiger partial charge in [0, 0.05) is 42.0 Å². The molecule has 5 heteroatoms. The van der Waals surface area contributed by atoms with Crippen LogP contribution >= 0.6 is 0 Å². The fraction of sp³-hybridized carbons (Fsp3) is 0.800. The van der Waals surface area contributed by atoms with E-state index >= 15 is 0 Å². The summed E-state index contributed by atoms with van der Waals surface area (Å²) in [6.07, 6.45) is 8.00. The maximum Gasteiger partial charge on any atom is 0.165 e. The quantitative estimate of drug-likeness (QED) is 0.660. The molecule has 2 heterocycles. The Morgan fingerprint density at radius 3 is 2.54 bits per heavy atom. The second-order valence-electron chi connectivity index (χ2n) is 14.0. The van der Waals surface area contributed by atoms with Gasteiger partial charge in [0.15, 0.2) is 11.5 Å². The molecule has 2 aliphatic heterocycles. The van der Waals surface area contributed by atoms with Crippen molar-refractivity contribution in [3.8, 4) is 11.5 Å². The predicted octanol–water partition coefficient (Wildman–Crippen LogP) is 4.72. The molecule has 192 valence electrons. The van der Waals surface area contributed by atoms with Crippen LogP contribution in [0.5, 0.6) is 11.5 Å². The molecule has 5 nitrogen and oxygen atoms in total. The van der Waals surface area contributed by atoms with Crippen molar-refractivity contribution < 1.29 is 19.3 Å². The van der Waals surface area contributed by atoms with E-state index in [1.165, 1.54) is 30.5 Å². The number of fused-ring (bicyclic) bond motifs is 2. The summed E-state index contributed by atoms with van der Waals surface area (Å²) in [5.74, 6) is 2.71. The average molecular weight is 482 g/mol. The van der Waals surface area contributed by atoms with Gasteiger partial charge in [0.1, 0.15) is 11.7 Å². The van der Waals surface area contributed by atoms with Crippen LogP contribution in [0.3, 0.4) is 0 Å². The number of hydrogen-bond donors (Lipinski definition) is 1. The number of ether oxygens (including phenoxy) is 3. The van der Waals surface area contributed by atoms with Gasteiger partial charge in [-0.3, -0.25) is 4.90 Å². The van der Waals surface area contributed by atoms with E-state index in [1.54, 1.807) is 7.11 Å². The molecule has 4 bridgehead atoms. The fourth-order valence-corrected chi connectivity index (χ4v) is 9.73. The third kappa shape index (κ3) is 2.47. The maximum atomic E-state index is 12.3. The molecule has 5 aliphatic carbocycles. The van der Waals surface area contributed by atoms with Crippen molar-refractivity contribution >= 4 is 0 Å². The van der Waals surface area contributed by atoms with Crippen LogP contribution in [-0.4, -0.2) is 60.7 Å². The Morgan fingerprint density at radius 1 is 1.11 bits per heavy atom. The highest BCUT2D eigenvalue weighted by Gasteiger charge is 2.82. The first-order valence-corrected chi connectivity index (χ1v) is 13.9. The van der Waals surface area contributed by atoms with Gasteiger partial charge >= 0.3 is 0 Å². The van der Waals surface area contributed by atoms with Crippen LogP contribution in [0.25, 0.3) is 0 Å². The van der Waals surface area contributed by atoms with Crippen molar-refractivity contribution in [2.75, 3.05) is 27.3 Å². The van der Waals surface area contributed by atoms with Gasteiger partial charge in [-0.05, 0) is 81.4 Å². The topological polar surface area (TPSA) is 51.2 Å². The highest BCUT2D eigenvalue weighted by atomic mass is 16.6. The molecule has 0 amide bonds. The molecule has 2 spiro atoms. The summed E-state index contributed by atoms with van der Waals surface area (Å²) in [6, 6.07) is 4.93. The number of likely N-dealkylation sites (tertiary alicyclic amines) is 1. The minimum Gasteiger partial charge on any atom is -0.493 e. The number of aliphatic hydroxyl groups is 1. The van der Waals surface area contributed by atoms with Crippen LogP contribution in [0.15, 0.2) is 12.1 Å². The molecule has 0 aromatic heterocycles. The molecule has 1 N–H and O–H groups in total. The smallest absolute Gasteiger partial charge is 0.165 e. The number of hydrogen-bond acceptors (Lipinski definition) is 5. The second-order valence-corrected chi connectivity index (χ2v) is 14.0. The Morgan fingerprint density at radius 2 is 1.89 bits per heavy atom. The van der Waals surface area contributed by atoms with Gasteiger partial charge in [-0.25, -0.2) is 0 Å². The van der Waals surface area contributed by atoms with Crippen LogP contribution < -0.4 is 9.47 Å². The van der Waals surface area contributed by atoms with E-state index in [2.05, 4.69) is 44.7 Å². The zero-order valence-electron chi connectivity index (χ0n) is 22.4. The van der Waals surface area contributed by atoms with Crippen LogP contribution in [-0.2, 0) is 16.6 Å². The minimum absolute atomic E-state index is 0.0112. The lowest BCUT2D eigenvalue weighted by Crippen LogP contribution is -2.83. The first kappa shape index (κ1) is 22.9. The lowest BCUT2D eigenvalue weighted by molar-refractivity contribution is -0.312. The highest BCUT2D eigenvalue weighted by Crippen LogP contribution is 2.78. The van der Waals surface area contributed by atoms with Gasteiger partial charge in [-0.15, -0.1) is 0 Å². The van der Waals surface area contributed by atoms with Gasteiger partial charge in [0.2, 0.25) is 0 Å². The van der Waals surface area contributed by atoms with Crippen LogP contribution in [0.4, 0.5) is 0 Å². The van der Waals surface area contributed by atoms with Crippen LogP contribution in [0, 0.1) is 22.7 Å². The standard InChI is InChI=1S/C30H43NO4/c1-26(2,3)27(4,32)21-16-28-11-12-30(21,34-6)25-29(28)13-14-31(17-18-7-8-18)22(28)15-19-9-10-20(33-5)24(35-25)23(19)29/h9-10,18,21-22,25,32H,7-8,11-17H2,1-6H3/t21-,22-,25-,27?,28?,29+,30-/m1/s1. The maximum absolute atomic E-state index is 12.3. The number of piperidine rings is 1. The second kappa shape index (κ2) is 6.76. The third-order valence-corrected chi connectivity index (χ3v) is 12.1. The molecule has 0 radical (unpaired) electrons. The highest BCUT2D eigenvalue weighted by molar-refractivity contribution is 5.63. The molecular formula is C30H43NO4. The third-order valence-electron chi connectivity index (χ3n) is 12.1. The molecule has 8 rings (SSSR count). The Hall–Kier alpha value is -1.30. The largest absolute Gasteiger partial charge is 0.493 e. The molecule has 1 saturated heterocycles. The first-order chi connectivity index (χ1) is 16.6. The summed E-state index contributed by atoms with van der Waals surface area (Å²) >= 11 is 0. The number of benzene rings is 1. The lowest BCUT2D eigenvalue weighted by Gasteiger charge is -2.75. The van der Waals surface area contributed by atoms with E-state index in [-0.39, 0.29) is 28.3 Å². The monoisotopic (exact) mass is 481 g/mol. The van der Waals surface area contributed by atoms with E-state index in [4.69, 9.17) is 14.2 Å². The van der Waals surface area contributed by atoms with E-state index < -0.39 is 11.2 Å². The summed E-state index contributed by atoms with van der Waals surface area (Å²) in [5.41, 5.74) is 1.26. The zero-order chi connectivity index (χ0) is 24.6. The Balaban J connectivity index is 1.48. The van der Waals surface area contributed by atoms with Crippen molar-refractivity contribution in [2.24, 2.45) is 22.7 Å². The molecule has 5 fully saturated rings. The van der Waals surface area contributed by atoms with Crippen molar-refractivity contribution in [2.45, 2.75) is 101 Å². The van der Waals surface area contributed by atoms with Crippen LogP contribution in [0.1, 0.15) is 77.3 Å². The van der Waals surface area contributed by atoms with E-state index in [9.17, 15) is 5.11 Å². The SMILES string of the molecule is COc1ccc2c3c1O[C@H]1[C@@]4(OC)CCC5(C[C@@H]4C(C)(O)C(C)(C)C)[C@@H](C2)N(CC2CC2)CC[C@]315. The van der Waals surface area contributed by atoms with Gasteiger partial charge in [-0.2, -0.15) is 0 Å². The van der Waals surface area contributed by atoms with Crippen molar-refractivity contribution in [3.63, 3.8) is 0 Å². The van der Waals surface area contributed by atoms with Gasteiger partial charge < -0.3 is 19.3 Å². The summed E-state index contributed by atoms with van der Waals surface area (Å²) in [5, 5.41) is 12.3. The minimum atomic E-state index is -0.879. The van der Waals surface area contributed by atoms with E-state index in [0.717, 1.165) is 56.1 Å². The van der Waals surface area contributed by atoms with Crippen LogP contribution in [0.2, 0.25) is 0 Å². The molecule has 2 unspecified atom stereocenters. The number of methoxy groups -OCH3 is 2. The fourth-order valence-electron chi connectivity index (χ4n) is 9.73. The van der Waals surface area contributed by atoms with Gasteiger partial charge in [-0.1, -0.05) is 26.8 Å². The molecule has 7 atom stereocenters. The Labute approximate surface area is 210 Å². The molecule has 35 heavy (non-hydrogen) atoms.